The van der Waals surface area contributed by atoms with Crippen molar-refractivity contribution in [2.75, 3.05) is 20.3 Å². The summed E-state index contributed by atoms with van der Waals surface area (Å²) in [6, 6.07) is 5.93. The highest BCUT2D eigenvalue weighted by molar-refractivity contribution is 5.95. The van der Waals surface area contributed by atoms with E-state index in [1.807, 2.05) is 19.1 Å². The summed E-state index contributed by atoms with van der Waals surface area (Å²) in [6.45, 7) is 3.40. The molecule has 1 saturated heterocycles. The Morgan fingerprint density at radius 3 is 2.76 bits per heavy atom. The van der Waals surface area contributed by atoms with Gasteiger partial charge in [-0.05, 0) is 56.7 Å². The van der Waals surface area contributed by atoms with Crippen molar-refractivity contribution in [2.24, 2.45) is 5.92 Å². The van der Waals surface area contributed by atoms with Crippen LogP contribution < -0.4 is 9.47 Å². The van der Waals surface area contributed by atoms with Gasteiger partial charge in [-0.25, -0.2) is 0 Å². The van der Waals surface area contributed by atoms with Gasteiger partial charge in [-0.2, -0.15) is 0 Å². The molecule has 1 heterocycles. The third-order valence-electron chi connectivity index (χ3n) is 4.44. The molecular weight excluding hydrogens is 266 g/mol. The second-order valence-corrected chi connectivity index (χ2v) is 5.84. The van der Waals surface area contributed by atoms with Crippen molar-refractivity contribution in [1.82, 2.24) is 4.90 Å². The van der Waals surface area contributed by atoms with E-state index in [1.54, 1.807) is 13.2 Å². The highest BCUT2D eigenvalue weighted by atomic mass is 16.5. The fourth-order valence-corrected chi connectivity index (χ4v) is 3.26. The lowest BCUT2D eigenvalue weighted by Crippen LogP contribution is -2.36. The Bertz CT molecular complexity index is 525. The van der Waals surface area contributed by atoms with E-state index in [0.717, 1.165) is 25.3 Å². The molecule has 3 rings (SSSR count). The number of likely N-dealkylation sites (tertiary alicyclic amines) is 1. The number of nitrogens with zero attached hydrogens (tertiary/aromatic N) is 1. The molecule has 4 heteroatoms. The van der Waals surface area contributed by atoms with E-state index >= 15 is 0 Å². The molecule has 0 N–H and O–H groups in total. The van der Waals surface area contributed by atoms with Gasteiger partial charge in [0, 0.05) is 18.2 Å². The normalized spacial score (nSPS) is 21.4. The van der Waals surface area contributed by atoms with Crippen LogP contribution in [-0.2, 0) is 0 Å². The minimum Gasteiger partial charge on any atom is -0.493 e. The Labute approximate surface area is 126 Å². The third-order valence-corrected chi connectivity index (χ3v) is 4.44. The zero-order chi connectivity index (χ0) is 14.8. The number of ether oxygens (including phenoxy) is 2. The molecule has 114 valence electrons. The van der Waals surface area contributed by atoms with Crippen molar-refractivity contribution in [3.63, 3.8) is 0 Å². The lowest BCUT2D eigenvalue weighted by molar-refractivity contribution is 0.0720. The molecule has 1 aromatic rings. The summed E-state index contributed by atoms with van der Waals surface area (Å²) < 4.78 is 10.8. The van der Waals surface area contributed by atoms with Gasteiger partial charge in [-0.3, -0.25) is 4.79 Å². The molecular formula is C17H23NO3. The number of amides is 1. The average molecular weight is 289 g/mol. The monoisotopic (exact) mass is 289 g/mol. The molecule has 2 aliphatic rings. The number of hydrogen-bond acceptors (Lipinski definition) is 3. The van der Waals surface area contributed by atoms with E-state index in [1.165, 1.54) is 12.8 Å². The maximum Gasteiger partial charge on any atom is 0.254 e. The number of carbonyl (C=O) groups excluding carboxylic acids is 1. The Morgan fingerprint density at radius 1 is 1.29 bits per heavy atom. The Kier molecular flexibility index (Phi) is 4.04. The predicted octanol–water partition coefficient (Wildman–Crippen LogP) is 3.11. The third kappa shape index (κ3) is 2.85. The number of benzene rings is 1. The summed E-state index contributed by atoms with van der Waals surface area (Å²) in [5, 5.41) is 0. The quantitative estimate of drug-likeness (QED) is 0.836. The molecule has 1 aliphatic carbocycles. The molecule has 0 spiro atoms. The Hall–Kier alpha value is -1.71. The summed E-state index contributed by atoms with van der Waals surface area (Å²) in [5.74, 6) is 2.19. The fraction of sp³-hybridized carbons (Fsp3) is 0.588. The molecule has 21 heavy (non-hydrogen) atoms. The maximum atomic E-state index is 12.8. The van der Waals surface area contributed by atoms with Crippen LogP contribution in [0.1, 0.15) is 43.0 Å². The van der Waals surface area contributed by atoms with Crippen LogP contribution in [0.2, 0.25) is 0 Å². The predicted molar refractivity (Wildman–Crippen MR) is 80.9 cm³/mol. The largest absolute Gasteiger partial charge is 0.493 e. The van der Waals surface area contributed by atoms with Gasteiger partial charge in [0.05, 0.1) is 13.7 Å². The van der Waals surface area contributed by atoms with Gasteiger partial charge < -0.3 is 14.4 Å². The van der Waals surface area contributed by atoms with Crippen molar-refractivity contribution in [2.45, 2.75) is 38.6 Å². The Balaban J connectivity index is 1.80. The van der Waals surface area contributed by atoms with E-state index in [-0.39, 0.29) is 5.91 Å². The highest BCUT2D eigenvalue weighted by Gasteiger charge is 2.40. The SMILES string of the molecule is CCOc1ccc(C(=O)N2CCCC2C2CC2)cc1OC. The second-order valence-electron chi connectivity index (χ2n) is 5.84. The summed E-state index contributed by atoms with van der Waals surface area (Å²) in [4.78, 5) is 14.8. The molecule has 4 nitrogen and oxygen atoms in total. The summed E-state index contributed by atoms with van der Waals surface area (Å²) in [5.41, 5.74) is 0.697. The molecule has 0 bridgehead atoms. The highest BCUT2D eigenvalue weighted by Crippen LogP contribution is 2.40. The van der Waals surface area contributed by atoms with Crippen LogP contribution >= 0.6 is 0 Å². The van der Waals surface area contributed by atoms with Crippen LogP contribution in [0.25, 0.3) is 0 Å². The van der Waals surface area contributed by atoms with E-state index in [0.29, 0.717) is 29.7 Å². The van der Waals surface area contributed by atoms with E-state index in [9.17, 15) is 4.79 Å². The van der Waals surface area contributed by atoms with Crippen molar-refractivity contribution in [3.8, 4) is 11.5 Å². The van der Waals surface area contributed by atoms with Gasteiger partial charge >= 0.3 is 0 Å². The lowest BCUT2D eigenvalue weighted by Gasteiger charge is -2.25. The molecule has 0 aromatic heterocycles. The van der Waals surface area contributed by atoms with Gasteiger partial charge in [-0.1, -0.05) is 0 Å². The topological polar surface area (TPSA) is 38.8 Å². The lowest BCUT2D eigenvalue weighted by atomic mass is 10.1. The maximum absolute atomic E-state index is 12.8. The van der Waals surface area contributed by atoms with Crippen LogP contribution in [0.4, 0.5) is 0 Å². The van der Waals surface area contributed by atoms with Crippen molar-refractivity contribution < 1.29 is 14.3 Å². The van der Waals surface area contributed by atoms with E-state index in [2.05, 4.69) is 4.90 Å². The minimum absolute atomic E-state index is 0.130. The number of rotatable bonds is 5. The zero-order valence-electron chi connectivity index (χ0n) is 12.8. The van der Waals surface area contributed by atoms with Gasteiger partial charge in [0.25, 0.3) is 5.91 Å². The van der Waals surface area contributed by atoms with Crippen LogP contribution in [0.15, 0.2) is 18.2 Å². The average Bonchev–Trinajstić information content (AvgIpc) is 3.24. The van der Waals surface area contributed by atoms with E-state index in [4.69, 9.17) is 9.47 Å². The smallest absolute Gasteiger partial charge is 0.254 e. The molecule has 1 aliphatic heterocycles. The van der Waals surface area contributed by atoms with Gasteiger partial charge in [0.15, 0.2) is 11.5 Å². The van der Waals surface area contributed by atoms with Crippen LogP contribution in [-0.4, -0.2) is 37.1 Å². The minimum atomic E-state index is 0.130. The first kappa shape index (κ1) is 14.2. The first-order chi connectivity index (χ1) is 10.2. The molecule has 1 amide bonds. The van der Waals surface area contributed by atoms with Gasteiger partial charge in [0.1, 0.15) is 0 Å². The number of carbonyl (C=O) groups is 1. The van der Waals surface area contributed by atoms with Crippen molar-refractivity contribution in [3.05, 3.63) is 23.8 Å². The molecule has 2 fully saturated rings. The summed E-state index contributed by atoms with van der Waals surface area (Å²) in [7, 11) is 1.61. The van der Waals surface area contributed by atoms with E-state index < -0.39 is 0 Å². The zero-order valence-corrected chi connectivity index (χ0v) is 12.8. The molecule has 1 unspecified atom stereocenters. The molecule has 1 atom stereocenters. The molecule has 1 aromatic carbocycles. The van der Waals surface area contributed by atoms with Crippen molar-refractivity contribution in [1.29, 1.82) is 0 Å². The standard InChI is InChI=1S/C17H23NO3/c1-3-21-15-9-8-13(11-16(15)20-2)17(19)18-10-4-5-14(18)12-6-7-12/h8-9,11-12,14H,3-7,10H2,1-2H3. The van der Waals surface area contributed by atoms with Crippen LogP contribution in [0.5, 0.6) is 11.5 Å². The summed E-state index contributed by atoms with van der Waals surface area (Å²) >= 11 is 0. The molecule has 1 saturated carbocycles. The fourth-order valence-electron chi connectivity index (χ4n) is 3.26. The number of methoxy groups -OCH3 is 1. The number of hydrogen-bond donors (Lipinski definition) is 0. The Morgan fingerprint density at radius 2 is 2.10 bits per heavy atom. The summed E-state index contributed by atoms with van der Waals surface area (Å²) in [6.07, 6.45) is 4.84. The van der Waals surface area contributed by atoms with Gasteiger partial charge in [-0.15, -0.1) is 0 Å². The first-order valence-corrected chi connectivity index (χ1v) is 7.86. The van der Waals surface area contributed by atoms with Crippen LogP contribution in [0, 0.1) is 5.92 Å². The molecule has 0 radical (unpaired) electrons. The second kappa shape index (κ2) is 5.96. The van der Waals surface area contributed by atoms with Gasteiger partial charge in [0.2, 0.25) is 0 Å². The van der Waals surface area contributed by atoms with Crippen LogP contribution in [0.3, 0.4) is 0 Å². The van der Waals surface area contributed by atoms with Crippen molar-refractivity contribution >= 4 is 5.91 Å². The first-order valence-electron chi connectivity index (χ1n) is 7.86.